The molecule has 1 heterocycles. The monoisotopic (exact) mass is 282 g/mol. The highest BCUT2D eigenvalue weighted by atomic mass is 16.2. The van der Waals surface area contributed by atoms with Crippen molar-refractivity contribution in [1.82, 2.24) is 5.32 Å². The molecule has 2 aromatic rings. The molecule has 1 saturated heterocycles. The molecule has 4 heteroatoms. The van der Waals surface area contributed by atoms with E-state index in [4.69, 9.17) is 0 Å². The van der Waals surface area contributed by atoms with Gasteiger partial charge < -0.3 is 5.32 Å². The third-order valence-electron chi connectivity index (χ3n) is 4.34. The number of hydrogen-bond donors (Lipinski definition) is 1. The highest BCUT2D eigenvalue weighted by molar-refractivity contribution is 6.21. The molecule has 108 valence electrons. The third kappa shape index (κ3) is 2.07. The van der Waals surface area contributed by atoms with Crippen LogP contribution in [0.15, 0.2) is 42.5 Å². The highest BCUT2D eigenvalue weighted by Crippen LogP contribution is 2.33. The Labute approximate surface area is 123 Å². The Balaban J connectivity index is 2.16. The van der Waals surface area contributed by atoms with Gasteiger partial charge in [0.05, 0.1) is 11.1 Å². The second-order valence-electron chi connectivity index (χ2n) is 5.71. The molecule has 0 radical (unpaired) electrons. The first-order chi connectivity index (χ1) is 10.1. The zero-order valence-corrected chi connectivity index (χ0v) is 12.2. The normalized spacial score (nSPS) is 22.5. The van der Waals surface area contributed by atoms with Crippen LogP contribution in [0.3, 0.4) is 0 Å². The van der Waals surface area contributed by atoms with Gasteiger partial charge in [0.2, 0.25) is 5.91 Å². The van der Waals surface area contributed by atoms with E-state index < -0.39 is 5.41 Å². The average Bonchev–Trinajstić information content (AvgIpc) is 2.52. The molecule has 2 aromatic carbocycles. The van der Waals surface area contributed by atoms with Crippen molar-refractivity contribution in [3.63, 3.8) is 0 Å². The van der Waals surface area contributed by atoms with Gasteiger partial charge in [0.15, 0.2) is 0 Å². The second kappa shape index (κ2) is 4.88. The van der Waals surface area contributed by atoms with Gasteiger partial charge in [-0.2, -0.15) is 0 Å². The maximum Gasteiger partial charge on any atom is 0.328 e. The van der Waals surface area contributed by atoms with E-state index in [9.17, 15) is 9.59 Å². The van der Waals surface area contributed by atoms with E-state index in [2.05, 4.69) is 5.32 Å². The number of benzene rings is 2. The van der Waals surface area contributed by atoms with Crippen LogP contribution in [0.2, 0.25) is 0 Å². The molecule has 3 amide bonds. The van der Waals surface area contributed by atoms with Crippen LogP contribution in [0.5, 0.6) is 0 Å². The zero-order chi connectivity index (χ0) is 15.0. The summed E-state index contributed by atoms with van der Waals surface area (Å²) in [7, 11) is 0. The molecule has 0 saturated carbocycles. The first-order valence-corrected chi connectivity index (χ1v) is 7.17. The number of imide groups is 1. The summed E-state index contributed by atoms with van der Waals surface area (Å²) >= 11 is 0. The van der Waals surface area contributed by atoms with Crippen LogP contribution >= 0.6 is 0 Å². The van der Waals surface area contributed by atoms with Crippen LogP contribution in [-0.4, -0.2) is 18.5 Å². The van der Waals surface area contributed by atoms with E-state index in [1.165, 1.54) is 4.90 Å². The summed E-state index contributed by atoms with van der Waals surface area (Å²) in [6, 6.07) is 13.1. The summed E-state index contributed by atoms with van der Waals surface area (Å²) in [6.07, 6.45) is 0.688. The van der Waals surface area contributed by atoms with Gasteiger partial charge in [-0.25, -0.2) is 9.69 Å². The second-order valence-corrected chi connectivity index (χ2v) is 5.71. The number of amides is 3. The van der Waals surface area contributed by atoms with Gasteiger partial charge >= 0.3 is 6.03 Å². The number of hydrogen-bond acceptors (Lipinski definition) is 2. The van der Waals surface area contributed by atoms with E-state index in [1.807, 2.05) is 56.3 Å². The number of nitrogens with zero attached hydrogens (tertiary/aromatic N) is 1. The summed E-state index contributed by atoms with van der Waals surface area (Å²) in [4.78, 5) is 26.3. The number of carbonyl (C=O) groups excluding carboxylic acids is 2. The van der Waals surface area contributed by atoms with Gasteiger partial charge in [-0.1, -0.05) is 43.3 Å². The van der Waals surface area contributed by atoms with Gasteiger partial charge in [0, 0.05) is 11.9 Å². The van der Waals surface area contributed by atoms with E-state index in [1.54, 1.807) is 0 Å². The third-order valence-corrected chi connectivity index (χ3v) is 4.34. The Morgan fingerprint density at radius 2 is 1.86 bits per heavy atom. The Morgan fingerprint density at radius 3 is 2.62 bits per heavy atom. The molecule has 0 aromatic heterocycles. The maximum atomic E-state index is 12.8. The molecule has 0 aliphatic carbocycles. The fraction of sp³-hybridized carbons (Fsp3) is 0.294. The maximum absolute atomic E-state index is 12.8. The lowest BCUT2D eigenvalue weighted by molar-refractivity contribution is -0.127. The molecule has 1 unspecified atom stereocenters. The first-order valence-electron chi connectivity index (χ1n) is 7.17. The topological polar surface area (TPSA) is 49.4 Å². The molecule has 0 spiro atoms. The van der Waals surface area contributed by atoms with Crippen LogP contribution < -0.4 is 10.2 Å². The Bertz CT molecular complexity index is 720. The van der Waals surface area contributed by atoms with Crippen molar-refractivity contribution >= 4 is 28.4 Å². The minimum absolute atomic E-state index is 0.134. The standard InChI is InChI=1S/C17H18N2O2/c1-3-17(2)11-18-16(21)19(15(17)20)14-10-6-8-12-7-4-5-9-13(12)14/h4-10H,3,11H2,1-2H3,(H,18,21). The fourth-order valence-electron chi connectivity index (χ4n) is 2.69. The van der Waals surface area contributed by atoms with E-state index >= 15 is 0 Å². The number of nitrogens with one attached hydrogen (secondary N) is 1. The minimum Gasteiger partial charge on any atom is -0.336 e. The van der Waals surface area contributed by atoms with Crippen LogP contribution in [0, 0.1) is 5.41 Å². The van der Waals surface area contributed by atoms with Gasteiger partial charge in [-0.3, -0.25) is 4.79 Å². The highest BCUT2D eigenvalue weighted by Gasteiger charge is 2.43. The summed E-state index contributed by atoms with van der Waals surface area (Å²) in [5.74, 6) is -0.134. The minimum atomic E-state index is -0.551. The Kier molecular flexibility index (Phi) is 3.16. The number of urea groups is 1. The van der Waals surface area contributed by atoms with Crippen molar-refractivity contribution in [1.29, 1.82) is 0 Å². The fourth-order valence-corrected chi connectivity index (χ4v) is 2.69. The zero-order valence-electron chi connectivity index (χ0n) is 12.2. The molecular weight excluding hydrogens is 264 g/mol. The van der Waals surface area contributed by atoms with Crippen LogP contribution in [0.1, 0.15) is 20.3 Å². The molecule has 1 fully saturated rings. The Morgan fingerprint density at radius 1 is 1.14 bits per heavy atom. The van der Waals surface area contributed by atoms with E-state index in [-0.39, 0.29) is 11.9 Å². The van der Waals surface area contributed by atoms with E-state index in [0.717, 1.165) is 10.8 Å². The summed E-state index contributed by atoms with van der Waals surface area (Å²) in [5.41, 5.74) is 0.0974. The molecule has 1 atom stereocenters. The molecular formula is C17H18N2O2. The summed E-state index contributed by atoms with van der Waals surface area (Å²) < 4.78 is 0. The SMILES string of the molecule is CCC1(C)CNC(=O)N(c2cccc3ccccc23)C1=O. The molecule has 3 rings (SSSR count). The number of anilines is 1. The van der Waals surface area contributed by atoms with Crippen molar-refractivity contribution in [2.24, 2.45) is 5.41 Å². The van der Waals surface area contributed by atoms with Crippen LogP contribution in [0.4, 0.5) is 10.5 Å². The smallest absolute Gasteiger partial charge is 0.328 e. The van der Waals surface area contributed by atoms with Gasteiger partial charge in [0.25, 0.3) is 0 Å². The van der Waals surface area contributed by atoms with Crippen molar-refractivity contribution < 1.29 is 9.59 Å². The lowest BCUT2D eigenvalue weighted by Gasteiger charge is -2.38. The molecule has 1 N–H and O–H groups in total. The molecule has 1 aliphatic rings. The van der Waals surface area contributed by atoms with Crippen molar-refractivity contribution in [3.8, 4) is 0 Å². The lowest BCUT2D eigenvalue weighted by Crippen LogP contribution is -2.59. The molecule has 1 aliphatic heterocycles. The quantitative estimate of drug-likeness (QED) is 0.918. The molecule has 0 bridgehead atoms. The number of rotatable bonds is 2. The molecule has 4 nitrogen and oxygen atoms in total. The Hall–Kier alpha value is -2.36. The van der Waals surface area contributed by atoms with Crippen LogP contribution in [-0.2, 0) is 4.79 Å². The van der Waals surface area contributed by atoms with Gasteiger partial charge in [-0.05, 0) is 24.8 Å². The number of fused-ring (bicyclic) bond motifs is 1. The van der Waals surface area contributed by atoms with Crippen molar-refractivity contribution in [2.75, 3.05) is 11.4 Å². The summed E-state index contributed by atoms with van der Waals surface area (Å²) in [6.45, 7) is 4.26. The van der Waals surface area contributed by atoms with Crippen molar-refractivity contribution in [2.45, 2.75) is 20.3 Å². The van der Waals surface area contributed by atoms with Crippen LogP contribution in [0.25, 0.3) is 10.8 Å². The predicted molar refractivity (Wildman–Crippen MR) is 83.2 cm³/mol. The number of carbonyl (C=O) groups is 2. The largest absolute Gasteiger partial charge is 0.336 e. The first kappa shape index (κ1) is 13.6. The predicted octanol–water partition coefficient (Wildman–Crippen LogP) is 3.31. The molecule has 21 heavy (non-hydrogen) atoms. The van der Waals surface area contributed by atoms with Gasteiger partial charge in [0.1, 0.15) is 0 Å². The van der Waals surface area contributed by atoms with Crippen molar-refractivity contribution in [3.05, 3.63) is 42.5 Å². The average molecular weight is 282 g/mol. The summed E-state index contributed by atoms with van der Waals surface area (Å²) in [5, 5.41) is 4.75. The lowest BCUT2D eigenvalue weighted by atomic mass is 9.84. The van der Waals surface area contributed by atoms with Gasteiger partial charge in [-0.15, -0.1) is 0 Å². The van der Waals surface area contributed by atoms with E-state index in [0.29, 0.717) is 18.7 Å².